The van der Waals surface area contributed by atoms with E-state index in [-0.39, 0.29) is 0 Å². The lowest BCUT2D eigenvalue weighted by molar-refractivity contribution is -0.139. The summed E-state index contributed by atoms with van der Waals surface area (Å²) in [6, 6.07) is -0.468. The van der Waals surface area contributed by atoms with Gasteiger partial charge in [-0.05, 0) is 37.5 Å². The summed E-state index contributed by atoms with van der Waals surface area (Å²) in [6.07, 6.45) is -1.33. The third-order valence-corrected chi connectivity index (χ3v) is 3.16. The van der Waals surface area contributed by atoms with E-state index >= 15 is 0 Å². The number of nitrogens with one attached hydrogen (secondary N) is 1. The van der Waals surface area contributed by atoms with E-state index in [4.69, 9.17) is 0 Å². The molecule has 0 aromatic carbocycles. The molecule has 1 saturated carbocycles. The highest BCUT2D eigenvalue weighted by Crippen LogP contribution is 2.50. The second kappa shape index (κ2) is 4.94. The molecule has 1 N–H and O–H groups in total. The molecule has 1 fully saturated rings. The summed E-state index contributed by atoms with van der Waals surface area (Å²) < 4.78 is 36.3. The van der Waals surface area contributed by atoms with E-state index in [1.54, 1.807) is 6.92 Å². The highest BCUT2D eigenvalue weighted by Gasteiger charge is 2.42. The van der Waals surface area contributed by atoms with Gasteiger partial charge in [-0.1, -0.05) is 13.8 Å². The molecule has 4 heteroatoms. The molecule has 1 rings (SSSR count). The van der Waals surface area contributed by atoms with E-state index < -0.39 is 18.6 Å². The molecule has 0 heterocycles. The van der Waals surface area contributed by atoms with Gasteiger partial charge in [0.05, 0.1) is 6.42 Å². The molecule has 1 aliphatic carbocycles. The Labute approximate surface area is 95.8 Å². The molecule has 1 nitrogen and oxygen atoms in total. The lowest BCUT2D eigenvalue weighted by Crippen LogP contribution is -2.35. The van der Waals surface area contributed by atoms with E-state index in [1.807, 2.05) is 0 Å². The molecule has 16 heavy (non-hydrogen) atoms. The Kier molecular flexibility index (Phi) is 4.27. The molecule has 0 aromatic heterocycles. The zero-order chi connectivity index (χ0) is 12.4. The molecular weight excluding hydrogens is 215 g/mol. The van der Waals surface area contributed by atoms with Crippen molar-refractivity contribution in [2.24, 2.45) is 11.3 Å². The maximum atomic E-state index is 12.1. The van der Waals surface area contributed by atoms with Crippen molar-refractivity contribution < 1.29 is 13.2 Å². The van der Waals surface area contributed by atoms with E-state index in [1.165, 1.54) is 0 Å². The van der Waals surface area contributed by atoms with Gasteiger partial charge in [0.2, 0.25) is 0 Å². The number of alkyl halides is 3. The third kappa shape index (κ3) is 5.19. The minimum Gasteiger partial charge on any atom is -0.313 e. The van der Waals surface area contributed by atoms with E-state index in [2.05, 4.69) is 19.2 Å². The monoisotopic (exact) mass is 237 g/mol. The first-order valence-corrected chi connectivity index (χ1v) is 6.03. The quantitative estimate of drug-likeness (QED) is 0.742. The van der Waals surface area contributed by atoms with Crippen LogP contribution in [-0.4, -0.2) is 18.8 Å². The first-order chi connectivity index (χ1) is 7.22. The average molecular weight is 237 g/mol. The average Bonchev–Trinajstić information content (AvgIpc) is 2.78. The van der Waals surface area contributed by atoms with Crippen LogP contribution in [0.25, 0.3) is 0 Å². The summed E-state index contributed by atoms with van der Waals surface area (Å²) in [5, 5.41) is 3.03. The molecule has 0 spiro atoms. The summed E-state index contributed by atoms with van der Waals surface area (Å²) in [4.78, 5) is 0. The molecule has 0 bridgehead atoms. The zero-order valence-electron chi connectivity index (χ0n) is 10.3. The van der Waals surface area contributed by atoms with Crippen molar-refractivity contribution in [3.8, 4) is 0 Å². The fraction of sp³-hybridized carbons (Fsp3) is 1.00. The van der Waals surface area contributed by atoms with Gasteiger partial charge in [-0.3, -0.25) is 0 Å². The lowest BCUT2D eigenvalue weighted by Gasteiger charge is -2.22. The molecule has 0 radical (unpaired) electrons. The number of halogens is 3. The van der Waals surface area contributed by atoms with Crippen LogP contribution in [0.15, 0.2) is 0 Å². The minimum atomic E-state index is -4.05. The van der Waals surface area contributed by atoms with E-state index in [0.717, 1.165) is 25.8 Å². The molecular formula is C12H22F3N. The predicted molar refractivity (Wildman–Crippen MR) is 59.3 cm³/mol. The van der Waals surface area contributed by atoms with Crippen LogP contribution in [0.1, 0.15) is 46.5 Å². The number of hydrogen-bond donors (Lipinski definition) is 1. The summed E-state index contributed by atoms with van der Waals surface area (Å²) in [5.41, 5.74) is 0.300. The molecule has 96 valence electrons. The molecule has 1 unspecified atom stereocenters. The van der Waals surface area contributed by atoms with E-state index in [0.29, 0.717) is 11.3 Å². The lowest BCUT2D eigenvalue weighted by atomic mass is 9.94. The van der Waals surface area contributed by atoms with Crippen LogP contribution in [-0.2, 0) is 0 Å². The maximum absolute atomic E-state index is 12.1. The molecule has 0 saturated heterocycles. The normalized spacial score (nSPS) is 21.2. The van der Waals surface area contributed by atoms with Gasteiger partial charge in [-0.25, -0.2) is 0 Å². The van der Waals surface area contributed by atoms with Gasteiger partial charge in [-0.15, -0.1) is 0 Å². The van der Waals surface area contributed by atoms with E-state index in [9.17, 15) is 13.2 Å². The predicted octanol–water partition coefficient (Wildman–Crippen LogP) is 3.74. The number of rotatable bonds is 6. The topological polar surface area (TPSA) is 12.0 Å². The Bertz CT molecular complexity index is 219. The van der Waals surface area contributed by atoms with Gasteiger partial charge in [-0.2, -0.15) is 13.2 Å². The van der Waals surface area contributed by atoms with Gasteiger partial charge in [0.1, 0.15) is 0 Å². The van der Waals surface area contributed by atoms with Gasteiger partial charge in [0, 0.05) is 12.6 Å². The summed E-state index contributed by atoms with van der Waals surface area (Å²) in [6.45, 7) is 6.68. The van der Waals surface area contributed by atoms with Gasteiger partial charge >= 0.3 is 6.18 Å². The van der Waals surface area contributed by atoms with Crippen molar-refractivity contribution >= 4 is 0 Å². The minimum absolute atomic E-state index is 0.300. The van der Waals surface area contributed by atoms with Crippen LogP contribution in [0.3, 0.4) is 0 Å². The molecule has 1 aliphatic rings. The van der Waals surface area contributed by atoms with Crippen molar-refractivity contribution in [2.75, 3.05) is 6.54 Å². The fourth-order valence-corrected chi connectivity index (χ4v) is 2.31. The summed E-state index contributed by atoms with van der Waals surface area (Å²) >= 11 is 0. The summed E-state index contributed by atoms with van der Waals surface area (Å²) in [7, 11) is 0. The maximum Gasteiger partial charge on any atom is 0.390 e. The van der Waals surface area contributed by atoms with Crippen molar-refractivity contribution in [3.05, 3.63) is 0 Å². The van der Waals surface area contributed by atoms with Crippen LogP contribution in [0.2, 0.25) is 0 Å². The second-order valence-corrected chi connectivity index (χ2v) is 5.70. The molecule has 0 aliphatic heterocycles. The van der Waals surface area contributed by atoms with Crippen molar-refractivity contribution in [3.63, 3.8) is 0 Å². The van der Waals surface area contributed by atoms with Gasteiger partial charge in [0.15, 0.2) is 0 Å². The first kappa shape index (κ1) is 13.8. The van der Waals surface area contributed by atoms with Crippen LogP contribution < -0.4 is 5.32 Å². The SMILES string of the molecule is CC(C)CC1(CNC(C)CC(F)(F)F)CC1. The molecule has 1 atom stereocenters. The van der Waals surface area contributed by atoms with Crippen LogP contribution in [0.4, 0.5) is 13.2 Å². The zero-order valence-corrected chi connectivity index (χ0v) is 10.3. The Morgan fingerprint density at radius 2 is 1.75 bits per heavy atom. The highest BCUT2D eigenvalue weighted by molar-refractivity contribution is 4.95. The molecule has 0 amide bonds. The van der Waals surface area contributed by atoms with Crippen molar-refractivity contribution in [1.29, 1.82) is 0 Å². The largest absolute Gasteiger partial charge is 0.390 e. The Hall–Kier alpha value is -0.250. The summed E-state index contributed by atoms with van der Waals surface area (Å²) in [5.74, 6) is 0.627. The van der Waals surface area contributed by atoms with Crippen LogP contribution >= 0.6 is 0 Å². The first-order valence-electron chi connectivity index (χ1n) is 6.03. The highest BCUT2D eigenvalue weighted by atomic mass is 19.4. The smallest absolute Gasteiger partial charge is 0.313 e. The van der Waals surface area contributed by atoms with Gasteiger partial charge in [0.25, 0.3) is 0 Å². The standard InChI is InChI=1S/C12H22F3N/c1-9(2)6-11(4-5-11)8-16-10(3)7-12(13,14)15/h9-10,16H,4-8H2,1-3H3. The Morgan fingerprint density at radius 3 is 2.12 bits per heavy atom. The van der Waals surface area contributed by atoms with Crippen LogP contribution in [0.5, 0.6) is 0 Å². The van der Waals surface area contributed by atoms with Crippen molar-refractivity contribution in [1.82, 2.24) is 5.32 Å². The Morgan fingerprint density at radius 1 is 1.19 bits per heavy atom. The Balaban J connectivity index is 2.24. The third-order valence-electron chi connectivity index (χ3n) is 3.16. The van der Waals surface area contributed by atoms with Crippen LogP contribution in [0, 0.1) is 11.3 Å². The fourth-order valence-electron chi connectivity index (χ4n) is 2.31. The van der Waals surface area contributed by atoms with Crippen molar-refractivity contribution in [2.45, 2.75) is 58.7 Å². The second-order valence-electron chi connectivity index (χ2n) is 5.70. The number of hydrogen-bond acceptors (Lipinski definition) is 1. The van der Waals surface area contributed by atoms with Gasteiger partial charge < -0.3 is 5.32 Å². The molecule has 0 aromatic rings.